The number of aromatic hydroxyl groups is 2. The van der Waals surface area contributed by atoms with Gasteiger partial charge in [0.05, 0.1) is 11.4 Å². The van der Waals surface area contributed by atoms with E-state index in [4.69, 9.17) is 0 Å². The smallest absolute Gasteiger partial charge is 0.234 e. The van der Waals surface area contributed by atoms with E-state index >= 15 is 0 Å². The van der Waals surface area contributed by atoms with Gasteiger partial charge >= 0.3 is 0 Å². The third-order valence-electron chi connectivity index (χ3n) is 2.40. The van der Waals surface area contributed by atoms with Crippen LogP contribution in [0.25, 0.3) is 0 Å². The first kappa shape index (κ1) is 13.3. The van der Waals surface area contributed by atoms with Gasteiger partial charge in [0.25, 0.3) is 0 Å². The molecule has 0 fully saturated rings. The highest BCUT2D eigenvalue weighted by Gasteiger charge is 2.08. The second kappa shape index (κ2) is 6.15. The minimum atomic E-state index is -0.241. The maximum absolute atomic E-state index is 11.7. The number of rotatable bonds is 4. The van der Waals surface area contributed by atoms with Crippen LogP contribution in [0.5, 0.6) is 11.5 Å². The van der Waals surface area contributed by atoms with E-state index in [2.05, 4.69) is 5.32 Å². The van der Waals surface area contributed by atoms with Gasteiger partial charge in [-0.05, 0) is 24.3 Å². The summed E-state index contributed by atoms with van der Waals surface area (Å²) in [5.74, 6) is 0.104. The predicted octanol–water partition coefficient (Wildman–Crippen LogP) is 2.83. The molecule has 0 radical (unpaired) electrons. The number of phenols is 2. The Morgan fingerprint density at radius 3 is 2.32 bits per heavy atom. The van der Waals surface area contributed by atoms with Crippen LogP contribution in [-0.4, -0.2) is 21.9 Å². The normalized spacial score (nSPS) is 10.1. The van der Waals surface area contributed by atoms with E-state index in [1.807, 2.05) is 0 Å². The molecule has 0 aliphatic carbocycles. The van der Waals surface area contributed by atoms with Crippen molar-refractivity contribution in [2.24, 2.45) is 0 Å². The summed E-state index contributed by atoms with van der Waals surface area (Å²) in [6, 6.07) is 13.4. The number of para-hydroxylation sites is 3. The van der Waals surface area contributed by atoms with Crippen molar-refractivity contribution in [3.63, 3.8) is 0 Å². The summed E-state index contributed by atoms with van der Waals surface area (Å²) in [5.41, 5.74) is 0.380. The van der Waals surface area contributed by atoms with Gasteiger partial charge in [-0.25, -0.2) is 0 Å². The third-order valence-corrected chi connectivity index (χ3v) is 3.46. The number of benzene rings is 2. The molecule has 0 aromatic heterocycles. The number of hydrogen-bond acceptors (Lipinski definition) is 4. The lowest BCUT2D eigenvalue weighted by atomic mass is 10.3. The standard InChI is InChI=1S/C14H13NO3S/c16-11-6-2-1-5-10(11)15-14(18)9-19-13-8-4-3-7-12(13)17/h1-8,16-17H,9H2,(H,15,18). The third kappa shape index (κ3) is 3.66. The number of hydrogen-bond donors (Lipinski definition) is 3. The van der Waals surface area contributed by atoms with Crippen molar-refractivity contribution >= 4 is 23.4 Å². The van der Waals surface area contributed by atoms with Crippen molar-refractivity contribution in [2.75, 3.05) is 11.1 Å². The molecule has 19 heavy (non-hydrogen) atoms. The maximum atomic E-state index is 11.7. The summed E-state index contributed by atoms with van der Waals surface area (Å²) < 4.78 is 0. The summed E-state index contributed by atoms with van der Waals surface area (Å²) in [5, 5.41) is 21.7. The Bertz CT molecular complexity index is 586. The maximum Gasteiger partial charge on any atom is 0.234 e. The first-order valence-corrected chi connectivity index (χ1v) is 6.64. The summed E-state index contributed by atoms with van der Waals surface area (Å²) in [6.45, 7) is 0. The Kier molecular flexibility index (Phi) is 4.30. The zero-order valence-electron chi connectivity index (χ0n) is 10.0. The monoisotopic (exact) mass is 275 g/mol. The number of phenolic OH excluding ortho intramolecular Hbond substituents is 2. The van der Waals surface area contributed by atoms with Crippen molar-refractivity contribution in [1.82, 2.24) is 0 Å². The van der Waals surface area contributed by atoms with E-state index in [1.165, 1.54) is 17.8 Å². The van der Waals surface area contributed by atoms with Gasteiger partial charge in [-0.2, -0.15) is 0 Å². The number of thioether (sulfide) groups is 1. The lowest BCUT2D eigenvalue weighted by Crippen LogP contribution is -2.13. The molecular weight excluding hydrogens is 262 g/mol. The van der Waals surface area contributed by atoms with Gasteiger partial charge in [0, 0.05) is 4.90 Å². The number of nitrogens with one attached hydrogen (secondary N) is 1. The molecule has 0 spiro atoms. The highest BCUT2D eigenvalue weighted by molar-refractivity contribution is 8.00. The zero-order valence-corrected chi connectivity index (χ0v) is 10.9. The van der Waals surface area contributed by atoms with Crippen LogP contribution in [0.2, 0.25) is 0 Å². The fraction of sp³-hybridized carbons (Fsp3) is 0.0714. The predicted molar refractivity (Wildman–Crippen MR) is 75.6 cm³/mol. The van der Waals surface area contributed by atoms with Crippen molar-refractivity contribution in [2.45, 2.75) is 4.90 Å². The SMILES string of the molecule is O=C(CSc1ccccc1O)Nc1ccccc1O. The van der Waals surface area contributed by atoms with Gasteiger partial charge in [0.2, 0.25) is 5.91 Å². The van der Waals surface area contributed by atoms with Crippen LogP contribution >= 0.6 is 11.8 Å². The molecule has 2 aromatic rings. The molecule has 4 nitrogen and oxygen atoms in total. The molecule has 5 heteroatoms. The number of amides is 1. The molecule has 0 aliphatic heterocycles. The molecule has 1 amide bonds. The largest absolute Gasteiger partial charge is 0.507 e. The van der Waals surface area contributed by atoms with Crippen molar-refractivity contribution < 1.29 is 15.0 Å². The zero-order chi connectivity index (χ0) is 13.7. The minimum Gasteiger partial charge on any atom is -0.507 e. The Hall–Kier alpha value is -2.14. The molecule has 0 heterocycles. The molecule has 2 rings (SSSR count). The lowest BCUT2D eigenvalue weighted by Gasteiger charge is -2.07. The summed E-state index contributed by atoms with van der Waals surface area (Å²) in [4.78, 5) is 12.4. The molecule has 98 valence electrons. The fourth-order valence-corrected chi connectivity index (χ4v) is 2.24. The average Bonchev–Trinajstić information content (AvgIpc) is 2.40. The molecule has 0 bridgehead atoms. The molecule has 3 N–H and O–H groups in total. The number of carbonyl (C=O) groups excluding carboxylic acids is 1. The quantitative estimate of drug-likeness (QED) is 0.593. The van der Waals surface area contributed by atoms with Gasteiger partial charge < -0.3 is 15.5 Å². The first-order valence-electron chi connectivity index (χ1n) is 5.65. The van der Waals surface area contributed by atoms with Crippen LogP contribution < -0.4 is 5.32 Å². The van der Waals surface area contributed by atoms with Gasteiger partial charge in [0.15, 0.2) is 0 Å². The summed E-state index contributed by atoms with van der Waals surface area (Å²) in [7, 11) is 0. The molecule has 0 atom stereocenters. The summed E-state index contributed by atoms with van der Waals surface area (Å²) >= 11 is 1.24. The van der Waals surface area contributed by atoms with Crippen LogP contribution in [0.4, 0.5) is 5.69 Å². The van der Waals surface area contributed by atoms with Crippen LogP contribution in [0.3, 0.4) is 0 Å². The van der Waals surface area contributed by atoms with E-state index in [1.54, 1.807) is 42.5 Å². The Morgan fingerprint density at radius 2 is 1.63 bits per heavy atom. The number of anilines is 1. The van der Waals surface area contributed by atoms with Crippen molar-refractivity contribution in [3.05, 3.63) is 48.5 Å². The Labute approximate surface area is 115 Å². The van der Waals surface area contributed by atoms with Gasteiger partial charge in [-0.15, -0.1) is 11.8 Å². The first-order chi connectivity index (χ1) is 9.16. The van der Waals surface area contributed by atoms with E-state index in [9.17, 15) is 15.0 Å². The van der Waals surface area contributed by atoms with E-state index in [-0.39, 0.29) is 23.2 Å². The molecule has 0 aliphatic rings. The van der Waals surface area contributed by atoms with E-state index in [0.29, 0.717) is 10.6 Å². The van der Waals surface area contributed by atoms with Gasteiger partial charge in [-0.3, -0.25) is 4.79 Å². The van der Waals surface area contributed by atoms with Crippen molar-refractivity contribution in [1.29, 1.82) is 0 Å². The Balaban J connectivity index is 1.92. The fourth-order valence-electron chi connectivity index (χ4n) is 1.49. The second-order valence-electron chi connectivity index (χ2n) is 3.82. The van der Waals surface area contributed by atoms with Crippen molar-refractivity contribution in [3.8, 4) is 11.5 Å². The lowest BCUT2D eigenvalue weighted by molar-refractivity contribution is -0.113. The molecule has 0 saturated carbocycles. The van der Waals surface area contributed by atoms with Crippen LogP contribution in [-0.2, 0) is 4.79 Å². The average molecular weight is 275 g/mol. The second-order valence-corrected chi connectivity index (χ2v) is 4.84. The van der Waals surface area contributed by atoms with E-state index in [0.717, 1.165) is 0 Å². The van der Waals surface area contributed by atoms with Crippen LogP contribution in [0.1, 0.15) is 0 Å². The molecule has 2 aromatic carbocycles. The van der Waals surface area contributed by atoms with E-state index < -0.39 is 0 Å². The molecular formula is C14H13NO3S. The topological polar surface area (TPSA) is 69.6 Å². The van der Waals surface area contributed by atoms with Gasteiger partial charge in [-0.1, -0.05) is 24.3 Å². The highest BCUT2D eigenvalue weighted by Crippen LogP contribution is 2.28. The van der Waals surface area contributed by atoms with Crippen LogP contribution in [0.15, 0.2) is 53.4 Å². The molecule has 0 saturated heterocycles. The minimum absolute atomic E-state index is 0.0309. The highest BCUT2D eigenvalue weighted by atomic mass is 32.2. The van der Waals surface area contributed by atoms with Gasteiger partial charge in [0.1, 0.15) is 11.5 Å². The summed E-state index contributed by atoms with van der Waals surface area (Å²) in [6.07, 6.45) is 0. The number of carbonyl (C=O) groups is 1. The Morgan fingerprint density at radius 1 is 1.00 bits per heavy atom. The molecule has 0 unspecified atom stereocenters. The van der Waals surface area contributed by atoms with Crippen LogP contribution in [0, 0.1) is 0 Å².